The zero-order valence-electron chi connectivity index (χ0n) is 11.6. The van der Waals surface area contributed by atoms with Gasteiger partial charge in [-0.2, -0.15) is 0 Å². The molecule has 110 valence electrons. The number of para-hydroxylation sites is 2. The Morgan fingerprint density at radius 1 is 0.952 bits per heavy atom. The van der Waals surface area contributed by atoms with E-state index in [0.717, 1.165) is 16.8 Å². The van der Waals surface area contributed by atoms with Gasteiger partial charge < -0.3 is 19.7 Å². The number of phenolic OH excluding ortho intramolecular Hbond substituents is 2. The van der Waals surface area contributed by atoms with Gasteiger partial charge >= 0.3 is 0 Å². The third-order valence-electron chi connectivity index (χ3n) is 2.39. The van der Waals surface area contributed by atoms with E-state index >= 15 is 0 Å². The molecule has 0 saturated heterocycles. The molecule has 2 N–H and O–H groups in total. The first kappa shape index (κ1) is 16.5. The van der Waals surface area contributed by atoms with Crippen LogP contribution in [0.4, 0.5) is 0 Å². The Kier molecular flexibility index (Phi) is 6.78. The molecule has 0 aliphatic rings. The highest BCUT2D eigenvalue weighted by molar-refractivity contribution is 8.01. The van der Waals surface area contributed by atoms with Crippen molar-refractivity contribution in [2.24, 2.45) is 0 Å². The molecule has 2 rings (SSSR count). The van der Waals surface area contributed by atoms with Crippen molar-refractivity contribution in [2.45, 2.75) is 4.90 Å². The van der Waals surface area contributed by atoms with Gasteiger partial charge in [-0.25, -0.2) is 10.8 Å². The van der Waals surface area contributed by atoms with Gasteiger partial charge in [0, 0.05) is 6.07 Å². The summed E-state index contributed by atoms with van der Waals surface area (Å²) in [7, 11) is 3.00. The standard InChI is InChI=1S/C8H7NO2S.C7H8O2/c1-9-12-6-3-4-7(10)8(5-6)11-2;1-9-7-5-3-2-4-6(7)8/h3-5,10H,2H3;2-5,8H,1H3. The van der Waals surface area contributed by atoms with Gasteiger partial charge in [0.2, 0.25) is 0 Å². The second kappa shape index (κ2) is 8.61. The molecular formula is C15H15NO4S. The molecule has 6 heteroatoms. The van der Waals surface area contributed by atoms with Crippen LogP contribution in [-0.4, -0.2) is 24.4 Å². The molecule has 0 fully saturated rings. The van der Waals surface area contributed by atoms with E-state index in [1.165, 1.54) is 20.3 Å². The molecule has 2 aromatic carbocycles. The zero-order valence-corrected chi connectivity index (χ0v) is 12.4. The summed E-state index contributed by atoms with van der Waals surface area (Å²) in [4.78, 5) is 0.764. The van der Waals surface area contributed by atoms with Crippen molar-refractivity contribution in [1.29, 1.82) is 0 Å². The van der Waals surface area contributed by atoms with Gasteiger partial charge in [-0.15, -0.1) is 0 Å². The fraction of sp³-hybridized carbons (Fsp3) is 0.133. The van der Waals surface area contributed by atoms with E-state index in [2.05, 4.69) is 4.25 Å². The minimum Gasteiger partial charge on any atom is -0.504 e. The summed E-state index contributed by atoms with van der Waals surface area (Å²) in [5.41, 5.74) is 0. The number of benzene rings is 2. The first-order valence-electron chi connectivity index (χ1n) is 5.85. The van der Waals surface area contributed by atoms with Crippen molar-refractivity contribution in [3.05, 3.63) is 53.3 Å². The number of aromatic hydroxyl groups is 2. The summed E-state index contributed by atoms with van der Waals surface area (Å²) in [5, 5.41) is 18.2. The van der Waals surface area contributed by atoms with Crippen LogP contribution in [0.1, 0.15) is 0 Å². The van der Waals surface area contributed by atoms with Crippen LogP contribution in [0.15, 0.2) is 47.4 Å². The monoisotopic (exact) mass is 305 g/mol. The Balaban J connectivity index is 0.000000219. The largest absolute Gasteiger partial charge is 0.504 e. The maximum atomic E-state index is 9.19. The van der Waals surface area contributed by atoms with Crippen molar-refractivity contribution in [3.63, 3.8) is 0 Å². The smallest absolute Gasteiger partial charge is 0.294 e. The highest BCUT2D eigenvalue weighted by Crippen LogP contribution is 2.31. The zero-order chi connectivity index (χ0) is 15.7. The van der Waals surface area contributed by atoms with E-state index in [1.807, 2.05) is 0 Å². The molecule has 0 unspecified atom stereocenters. The average Bonchev–Trinajstić information content (AvgIpc) is 2.50. The maximum absolute atomic E-state index is 9.19. The summed E-state index contributed by atoms with van der Waals surface area (Å²) in [6.07, 6.45) is 0. The molecule has 0 atom stereocenters. The molecule has 21 heavy (non-hydrogen) atoms. The van der Waals surface area contributed by atoms with Crippen molar-refractivity contribution < 1.29 is 19.7 Å². The summed E-state index contributed by atoms with van der Waals surface area (Å²) < 4.78 is 12.8. The third kappa shape index (κ3) is 5.16. The lowest BCUT2D eigenvalue weighted by Crippen LogP contribution is -1.82. The molecule has 0 aromatic heterocycles. The molecule has 0 amide bonds. The predicted molar refractivity (Wildman–Crippen MR) is 81.8 cm³/mol. The molecule has 0 aliphatic carbocycles. The second-order valence-electron chi connectivity index (χ2n) is 3.69. The number of phenols is 2. The van der Waals surface area contributed by atoms with E-state index in [0.29, 0.717) is 11.5 Å². The highest BCUT2D eigenvalue weighted by Gasteiger charge is 2.05. The summed E-state index contributed by atoms with van der Waals surface area (Å²) in [6, 6.07) is 11.6. The molecule has 5 nitrogen and oxygen atoms in total. The van der Waals surface area contributed by atoms with Gasteiger partial charge in [-0.1, -0.05) is 12.1 Å². The average molecular weight is 305 g/mol. The van der Waals surface area contributed by atoms with Crippen LogP contribution in [0.3, 0.4) is 0 Å². The lowest BCUT2D eigenvalue weighted by molar-refractivity contribution is 0.372. The molecule has 0 bridgehead atoms. The first-order valence-corrected chi connectivity index (χ1v) is 6.62. The predicted octanol–water partition coefficient (Wildman–Crippen LogP) is 3.73. The Bertz CT molecular complexity index is 625. The fourth-order valence-electron chi connectivity index (χ4n) is 1.40. The molecule has 0 saturated carbocycles. The minimum absolute atomic E-state index is 0.0897. The Morgan fingerprint density at radius 3 is 2.10 bits per heavy atom. The molecule has 0 aliphatic heterocycles. The van der Waals surface area contributed by atoms with Crippen LogP contribution in [-0.2, 0) is 0 Å². The van der Waals surface area contributed by atoms with Crippen LogP contribution >= 0.6 is 11.9 Å². The van der Waals surface area contributed by atoms with Crippen molar-refractivity contribution in [1.82, 2.24) is 0 Å². The Morgan fingerprint density at radius 2 is 1.57 bits per heavy atom. The number of hydrogen-bond acceptors (Lipinski definition) is 5. The summed E-state index contributed by atoms with van der Waals surface area (Å²) in [6.45, 7) is 6.61. The SMILES string of the molecule is COc1ccccc1O.[C-]#[N+]Sc1ccc(O)c(OC)c1. The fourth-order valence-corrected chi connectivity index (χ4v) is 1.79. The van der Waals surface area contributed by atoms with Gasteiger partial charge in [0.25, 0.3) is 11.9 Å². The van der Waals surface area contributed by atoms with Gasteiger partial charge in [0.1, 0.15) is 0 Å². The molecule has 2 aromatic rings. The van der Waals surface area contributed by atoms with Gasteiger partial charge in [-0.05, 0) is 24.3 Å². The van der Waals surface area contributed by atoms with E-state index in [9.17, 15) is 5.11 Å². The third-order valence-corrected chi connectivity index (χ3v) is 2.94. The number of methoxy groups -OCH3 is 2. The second-order valence-corrected chi connectivity index (χ2v) is 4.52. The van der Waals surface area contributed by atoms with Crippen LogP contribution in [0, 0.1) is 6.57 Å². The number of hydrogen-bond donors (Lipinski definition) is 2. The first-order chi connectivity index (χ1) is 10.1. The Labute approximate surface area is 127 Å². The van der Waals surface area contributed by atoms with E-state index in [-0.39, 0.29) is 11.5 Å². The maximum Gasteiger partial charge on any atom is 0.294 e. The highest BCUT2D eigenvalue weighted by atomic mass is 32.2. The number of ether oxygens (including phenoxy) is 2. The lowest BCUT2D eigenvalue weighted by Gasteiger charge is -2.01. The number of rotatable bonds is 3. The normalized spacial score (nSPS) is 9.00. The number of nitrogens with zero attached hydrogens (tertiary/aromatic N) is 1. The topological polar surface area (TPSA) is 63.3 Å². The molecular weight excluding hydrogens is 290 g/mol. The van der Waals surface area contributed by atoms with Crippen LogP contribution < -0.4 is 9.47 Å². The van der Waals surface area contributed by atoms with Crippen molar-refractivity contribution in [2.75, 3.05) is 14.2 Å². The van der Waals surface area contributed by atoms with Gasteiger partial charge in [0.15, 0.2) is 23.0 Å². The quantitative estimate of drug-likeness (QED) is 0.668. The molecule has 0 spiro atoms. The lowest BCUT2D eigenvalue weighted by atomic mass is 10.3. The van der Waals surface area contributed by atoms with E-state index in [1.54, 1.807) is 36.4 Å². The minimum atomic E-state index is 0.0897. The van der Waals surface area contributed by atoms with E-state index in [4.69, 9.17) is 21.2 Å². The van der Waals surface area contributed by atoms with Crippen molar-refractivity contribution in [3.8, 4) is 23.0 Å². The molecule has 0 radical (unpaired) electrons. The molecule has 0 heterocycles. The van der Waals surface area contributed by atoms with Gasteiger partial charge in [-0.3, -0.25) is 0 Å². The van der Waals surface area contributed by atoms with Crippen LogP contribution in [0.25, 0.3) is 4.25 Å². The van der Waals surface area contributed by atoms with Crippen molar-refractivity contribution >= 4 is 11.9 Å². The van der Waals surface area contributed by atoms with E-state index < -0.39 is 0 Å². The Hall–Kier alpha value is -2.52. The summed E-state index contributed by atoms with van der Waals surface area (Å²) >= 11 is 1.01. The summed E-state index contributed by atoms with van der Waals surface area (Å²) in [5.74, 6) is 1.17. The van der Waals surface area contributed by atoms with Gasteiger partial charge in [0.05, 0.1) is 19.1 Å². The van der Waals surface area contributed by atoms with Crippen LogP contribution in [0.5, 0.6) is 23.0 Å². The van der Waals surface area contributed by atoms with Crippen LogP contribution in [0.2, 0.25) is 0 Å².